The van der Waals surface area contributed by atoms with Crippen LogP contribution in [0.3, 0.4) is 0 Å². The maximum absolute atomic E-state index is 2.51. The SMILES string of the molecule is CC1(C)c2cc(-c3ccccc3-c3ccccc3)ccc2-c2ccc(N(c3ccc(C4CCCCC4)cc3)c3ccc(C4CC5CCC4C5)cc3)cc21. The van der Waals surface area contributed by atoms with Crippen molar-refractivity contribution in [1.82, 2.24) is 0 Å². The van der Waals surface area contributed by atoms with Crippen LogP contribution in [0.2, 0.25) is 0 Å². The first-order valence-electron chi connectivity index (χ1n) is 20.5. The number of anilines is 3. The van der Waals surface area contributed by atoms with E-state index in [1.165, 1.54) is 125 Å². The Bertz CT molecular complexity index is 2250. The highest BCUT2D eigenvalue weighted by molar-refractivity contribution is 5.89. The van der Waals surface area contributed by atoms with Crippen molar-refractivity contribution in [3.05, 3.63) is 162 Å². The fourth-order valence-corrected chi connectivity index (χ4v) is 10.9. The number of hydrogen-bond donors (Lipinski definition) is 0. The van der Waals surface area contributed by atoms with E-state index in [0.717, 1.165) is 17.8 Å². The fourth-order valence-electron chi connectivity index (χ4n) is 10.9. The number of hydrogen-bond acceptors (Lipinski definition) is 1. The van der Waals surface area contributed by atoms with E-state index in [1.807, 2.05) is 0 Å². The van der Waals surface area contributed by atoms with Crippen LogP contribution in [-0.4, -0.2) is 0 Å². The highest BCUT2D eigenvalue weighted by Crippen LogP contribution is 2.54. The van der Waals surface area contributed by atoms with E-state index in [4.69, 9.17) is 0 Å². The Balaban J connectivity index is 1.02. The number of benzene rings is 6. The summed E-state index contributed by atoms with van der Waals surface area (Å²) in [5.41, 5.74) is 17.3. The van der Waals surface area contributed by atoms with Crippen LogP contribution < -0.4 is 4.90 Å². The van der Waals surface area contributed by atoms with Crippen molar-refractivity contribution in [1.29, 1.82) is 0 Å². The molecule has 1 heteroatoms. The van der Waals surface area contributed by atoms with Gasteiger partial charge in [-0.2, -0.15) is 0 Å². The van der Waals surface area contributed by atoms with Gasteiger partial charge in [0.2, 0.25) is 0 Å². The minimum atomic E-state index is -0.138. The Morgan fingerprint density at radius 2 is 1.08 bits per heavy atom. The average molecular weight is 690 g/mol. The molecule has 264 valence electrons. The van der Waals surface area contributed by atoms with Gasteiger partial charge < -0.3 is 4.90 Å². The molecule has 3 atom stereocenters. The summed E-state index contributed by atoms with van der Waals surface area (Å²) in [6.07, 6.45) is 12.5. The van der Waals surface area contributed by atoms with Crippen molar-refractivity contribution in [2.45, 2.75) is 88.9 Å². The van der Waals surface area contributed by atoms with Crippen molar-refractivity contribution in [2.24, 2.45) is 11.8 Å². The predicted molar refractivity (Wildman–Crippen MR) is 224 cm³/mol. The third kappa shape index (κ3) is 5.75. The molecule has 4 aliphatic carbocycles. The first-order valence-corrected chi connectivity index (χ1v) is 20.5. The minimum absolute atomic E-state index is 0.138. The first kappa shape index (κ1) is 32.7. The molecule has 0 aliphatic heterocycles. The molecule has 3 fully saturated rings. The van der Waals surface area contributed by atoms with Gasteiger partial charge in [0, 0.05) is 22.5 Å². The van der Waals surface area contributed by atoms with Crippen LogP contribution in [-0.2, 0) is 5.41 Å². The van der Waals surface area contributed by atoms with Crippen molar-refractivity contribution in [2.75, 3.05) is 4.90 Å². The second-order valence-corrected chi connectivity index (χ2v) is 17.2. The normalized spacial score (nSPS) is 21.4. The molecule has 0 spiro atoms. The van der Waals surface area contributed by atoms with Crippen molar-refractivity contribution in [3.63, 3.8) is 0 Å². The van der Waals surface area contributed by atoms with Gasteiger partial charge in [-0.3, -0.25) is 0 Å². The molecular weight excluding hydrogens is 639 g/mol. The Kier molecular flexibility index (Phi) is 8.16. The van der Waals surface area contributed by atoms with Gasteiger partial charge in [0.1, 0.15) is 0 Å². The zero-order chi connectivity index (χ0) is 35.5. The number of nitrogens with zero attached hydrogens (tertiary/aromatic N) is 1. The van der Waals surface area contributed by atoms with Gasteiger partial charge in [0.05, 0.1) is 0 Å². The summed E-state index contributed by atoms with van der Waals surface area (Å²) in [6.45, 7) is 4.84. The van der Waals surface area contributed by atoms with Gasteiger partial charge in [-0.15, -0.1) is 0 Å². The maximum atomic E-state index is 2.51. The number of rotatable bonds is 7. The lowest BCUT2D eigenvalue weighted by Crippen LogP contribution is -2.17. The van der Waals surface area contributed by atoms with Gasteiger partial charge in [0.25, 0.3) is 0 Å². The van der Waals surface area contributed by atoms with Gasteiger partial charge in [-0.25, -0.2) is 0 Å². The minimum Gasteiger partial charge on any atom is -0.310 e. The van der Waals surface area contributed by atoms with Crippen LogP contribution in [0, 0.1) is 11.8 Å². The van der Waals surface area contributed by atoms with Crippen molar-refractivity contribution < 1.29 is 0 Å². The maximum Gasteiger partial charge on any atom is 0.0465 e. The first-order chi connectivity index (χ1) is 26.0. The summed E-state index contributed by atoms with van der Waals surface area (Å²) in [4.78, 5) is 2.51. The molecule has 2 bridgehead atoms. The largest absolute Gasteiger partial charge is 0.310 e. The molecule has 0 aromatic heterocycles. The second-order valence-electron chi connectivity index (χ2n) is 17.2. The van der Waals surface area contributed by atoms with Crippen molar-refractivity contribution >= 4 is 17.1 Å². The molecule has 53 heavy (non-hydrogen) atoms. The van der Waals surface area contributed by atoms with E-state index in [-0.39, 0.29) is 5.41 Å². The highest BCUT2D eigenvalue weighted by atomic mass is 15.1. The summed E-state index contributed by atoms with van der Waals surface area (Å²) in [6, 6.07) is 53.4. The molecule has 0 saturated heterocycles. The van der Waals surface area contributed by atoms with Gasteiger partial charge in [-0.05, 0) is 154 Å². The smallest absolute Gasteiger partial charge is 0.0465 e. The monoisotopic (exact) mass is 689 g/mol. The fraction of sp³-hybridized carbons (Fsp3) is 0.308. The standard InChI is InChI=1S/C52H51N/c1-52(2)50-33-41(46-16-10-9-15-45(46)38-13-7-4-8-14-38)23-29-47(50)48-30-28-44(34-51(48)52)53(42-24-19-37(20-25-42)36-11-5-3-6-12-36)43-26-21-39(22-27-43)49-32-35-17-18-40(49)31-35/h4,7-10,13-16,19-30,33-36,40,49H,3,5-6,11-12,17-18,31-32H2,1-2H3. The molecule has 1 nitrogen and oxygen atoms in total. The zero-order valence-electron chi connectivity index (χ0n) is 31.4. The average Bonchev–Trinajstić information content (AvgIpc) is 3.92. The Labute approximate surface area is 316 Å². The van der Waals surface area contributed by atoms with E-state index < -0.39 is 0 Å². The molecule has 0 radical (unpaired) electrons. The zero-order valence-corrected chi connectivity index (χ0v) is 31.4. The molecule has 3 saturated carbocycles. The van der Waals surface area contributed by atoms with Crippen LogP contribution in [0.15, 0.2) is 140 Å². The molecule has 0 heterocycles. The summed E-state index contributed by atoms with van der Waals surface area (Å²) in [7, 11) is 0. The summed E-state index contributed by atoms with van der Waals surface area (Å²) >= 11 is 0. The van der Waals surface area contributed by atoms with Crippen LogP contribution in [0.25, 0.3) is 33.4 Å². The second kappa shape index (κ2) is 13.2. The van der Waals surface area contributed by atoms with Gasteiger partial charge in [-0.1, -0.05) is 137 Å². The van der Waals surface area contributed by atoms with E-state index >= 15 is 0 Å². The van der Waals surface area contributed by atoms with E-state index in [1.54, 1.807) is 5.56 Å². The molecule has 3 unspecified atom stereocenters. The molecular formula is C52H51N. The molecule has 6 aromatic rings. The lowest BCUT2D eigenvalue weighted by molar-refractivity contribution is 0.420. The third-order valence-corrected chi connectivity index (χ3v) is 13.8. The van der Waals surface area contributed by atoms with Crippen LogP contribution >= 0.6 is 0 Å². The van der Waals surface area contributed by atoms with Crippen LogP contribution in [0.5, 0.6) is 0 Å². The molecule has 10 rings (SSSR count). The lowest BCUT2D eigenvalue weighted by atomic mass is 9.81. The van der Waals surface area contributed by atoms with Gasteiger partial charge >= 0.3 is 0 Å². The van der Waals surface area contributed by atoms with Crippen LogP contribution in [0.4, 0.5) is 17.1 Å². The van der Waals surface area contributed by atoms with E-state index in [0.29, 0.717) is 5.92 Å². The summed E-state index contributed by atoms with van der Waals surface area (Å²) < 4.78 is 0. The topological polar surface area (TPSA) is 3.24 Å². The quantitative estimate of drug-likeness (QED) is 0.161. The Hall–Kier alpha value is -4.88. The lowest BCUT2D eigenvalue weighted by Gasteiger charge is -2.29. The molecule has 4 aliphatic rings. The van der Waals surface area contributed by atoms with Gasteiger partial charge in [0.15, 0.2) is 0 Å². The van der Waals surface area contributed by atoms with E-state index in [2.05, 4.69) is 158 Å². The summed E-state index contributed by atoms with van der Waals surface area (Å²) in [5.74, 6) is 3.30. The van der Waals surface area contributed by atoms with E-state index in [9.17, 15) is 0 Å². The number of fused-ring (bicyclic) bond motifs is 5. The molecule has 0 N–H and O–H groups in total. The molecule has 6 aromatic carbocycles. The molecule has 0 amide bonds. The van der Waals surface area contributed by atoms with Crippen molar-refractivity contribution in [3.8, 4) is 33.4 Å². The van der Waals surface area contributed by atoms with Crippen LogP contribution in [0.1, 0.15) is 106 Å². The third-order valence-electron chi connectivity index (χ3n) is 13.8. The predicted octanol–water partition coefficient (Wildman–Crippen LogP) is 14.7. The highest BCUT2D eigenvalue weighted by Gasteiger charge is 2.40. The Morgan fingerprint density at radius 1 is 0.472 bits per heavy atom. The Morgan fingerprint density at radius 3 is 1.74 bits per heavy atom. The summed E-state index contributed by atoms with van der Waals surface area (Å²) in [5, 5.41) is 0.